The highest BCUT2D eigenvalue weighted by Crippen LogP contribution is 2.24. The van der Waals surface area contributed by atoms with Crippen molar-refractivity contribution in [2.45, 2.75) is 12.5 Å². The maximum Gasteiger partial charge on any atom is 0.165 e. The molecule has 0 fully saturated rings. The molecule has 1 heterocycles. The second-order valence-corrected chi connectivity index (χ2v) is 4.34. The molecule has 0 aliphatic carbocycles. The third-order valence-electron chi connectivity index (χ3n) is 2.98. The normalized spacial score (nSPS) is 12.4. The minimum Gasteiger partial charge on any atom is -0.494 e. The third kappa shape index (κ3) is 3.10. The number of halogens is 1. The fraction of sp³-hybridized carbons (Fsp3) is 0.308. The van der Waals surface area contributed by atoms with Gasteiger partial charge >= 0.3 is 0 Å². The van der Waals surface area contributed by atoms with Gasteiger partial charge in [0.1, 0.15) is 0 Å². The van der Waals surface area contributed by atoms with Gasteiger partial charge in [0, 0.05) is 13.2 Å². The smallest absolute Gasteiger partial charge is 0.165 e. The number of nitrogens with one attached hydrogen (secondary N) is 1. The number of aryl methyl sites for hydroxylation is 1. The lowest BCUT2D eigenvalue weighted by Crippen LogP contribution is -2.29. The van der Waals surface area contributed by atoms with E-state index < -0.39 is 0 Å². The first kappa shape index (κ1) is 13.5. The van der Waals surface area contributed by atoms with Gasteiger partial charge < -0.3 is 4.74 Å². The Balaban J connectivity index is 2.21. The standard InChI is InChI=1S/C13H17FN4O/c1-18-8-9(7-16-18)5-12(17-15)10-3-4-11(14)13(6-10)19-2/h3-4,6-8,12,17H,5,15H2,1-2H3. The predicted molar refractivity (Wildman–Crippen MR) is 69.9 cm³/mol. The molecule has 0 aliphatic heterocycles. The Morgan fingerprint density at radius 1 is 1.53 bits per heavy atom. The lowest BCUT2D eigenvalue weighted by molar-refractivity contribution is 0.384. The molecule has 0 saturated carbocycles. The molecule has 1 aromatic heterocycles. The van der Waals surface area contributed by atoms with Crippen molar-refractivity contribution in [2.75, 3.05) is 7.11 Å². The molecule has 0 spiro atoms. The number of aromatic nitrogens is 2. The van der Waals surface area contributed by atoms with E-state index in [0.717, 1.165) is 11.1 Å². The van der Waals surface area contributed by atoms with Crippen LogP contribution in [0, 0.1) is 5.82 Å². The van der Waals surface area contributed by atoms with E-state index in [0.29, 0.717) is 6.42 Å². The quantitative estimate of drug-likeness (QED) is 0.631. The highest BCUT2D eigenvalue weighted by atomic mass is 19.1. The van der Waals surface area contributed by atoms with Crippen molar-refractivity contribution in [3.63, 3.8) is 0 Å². The second kappa shape index (κ2) is 5.81. The summed E-state index contributed by atoms with van der Waals surface area (Å²) in [5.41, 5.74) is 4.65. The molecule has 6 heteroatoms. The zero-order valence-corrected chi connectivity index (χ0v) is 10.9. The van der Waals surface area contributed by atoms with E-state index in [-0.39, 0.29) is 17.6 Å². The summed E-state index contributed by atoms with van der Waals surface area (Å²) in [6, 6.07) is 4.59. The summed E-state index contributed by atoms with van der Waals surface area (Å²) in [7, 11) is 3.30. The van der Waals surface area contributed by atoms with Crippen molar-refractivity contribution in [3.8, 4) is 5.75 Å². The van der Waals surface area contributed by atoms with Crippen molar-refractivity contribution in [1.29, 1.82) is 0 Å². The van der Waals surface area contributed by atoms with Crippen molar-refractivity contribution in [2.24, 2.45) is 12.9 Å². The van der Waals surface area contributed by atoms with Gasteiger partial charge in [0.15, 0.2) is 11.6 Å². The molecule has 5 nitrogen and oxygen atoms in total. The van der Waals surface area contributed by atoms with Crippen LogP contribution in [0.4, 0.5) is 4.39 Å². The monoisotopic (exact) mass is 264 g/mol. The molecule has 0 aliphatic rings. The number of hydrogen-bond acceptors (Lipinski definition) is 4. The first-order valence-corrected chi connectivity index (χ1v) is 5.91. The molecule has 0 radical (unpaired) electrons. The Kier molecular flexibility index (Phi) is 4.13. The Hall–Kier alpha value is -1.92. The van der Waals surface area contributed by atoms with Gasteiger partial charge in [-0.2, -0.15) is 5.10 Å². The topological polar surface area (TPSA) is 65.1 Å². The van der Waals surface area contributed by atoms with E-state index in [1.165, 1.54) is 13.2 Å². The summed E-state index contributed by atoms with van der Waals surface area (Å²) in [4.78, 5) is 0. The fourth-order valence-corrected chi connectivity index (χ4v) is 1.98. The Labute approximate surface area is 111 Å². The number of nitrogens with zero attached hydrogens (tertiary/aromatic N) is 2. The molecule has 2 rings (SSSR count). The predicted octanol–water partition coefficient (Wildman–Crippen LogP) is 1.31. The average molecular weight is 264 g/mol. The summed E-state index contributed by atoms with van der Waals surface area (Å²) in [5, 5.41) is 4.11. The molecular formula is C13H17FN4O. The number of methoxy groups -OCH3 is 1. The zero-order chi connectivity index (χ0) is 13.8. The molecule has 1 unspecified atom stereocenters. The number of hydrogen-bond donors (Lipinski definition) is 2. The van der Waals surface area contributed by atoms with Gasteiger partial charge in [0.05, 0.1) is 19.3 Å². The van der Waals surface area contributed by atoms with Crippen LogP contribution >= 0.6 is 0 Å². The lowest BCUT2D eigenvalue weighted by Gasteiger charge is -2.16. The van der Waals surface area contributed by atoms with Crippen LogP contribution in [0.2, 0.25) is 0 Å². The summed E-state index contributed by atoms with van der Waals surface area (Å²) in [5.74, 6) is 5.40. The molecular weight excluding hydrogens is 247 g/mol. The highest BCUT2D eigenvalue weighted by molar-refractivity contribution is 5.32. The van der Waals surface area contributed by atoms with Gasteiger partial charge in [-0.25, -0.2) is 4.39 Å². The maximum absolute atomic E-state index is 13.4. The van der Waals surface area contributed by atoms with Crippen LogP contribution in [-0.4, -0.2) is 16.9 Å². The molecule has 1 aromatic carbocycles. The van der Waals surface area contributed by atoms with Crippen LogP contribution < -0.4 is 16.0 Å². The van der Waals surface area contributed by atoms with Crippen LogP contribution in [0.25, 0.3) is 0 Å². The van der Waals surface area contributed by atoms with Crippen molar-refractivity contribution in [3.05, 3.63) is 47.5 Å². The van der Waals surface area contributed by atoms with Crippen LogP contribution in [0.1, 0.15) is 17.2 Å². The van der Waals surface area contributed by atoms with Crippen molar-refractivity contribution in [1.82, 2.24) is 15.2 Å². The number of benzene rings is 1. The van der Waals surface area contributed by atoms with Gasteiger partial charge in [-0.1, -0.05) is 6.07 Å². The highest BCUT2D eigenvalue weighted by Gasteiger charge is 2.14. The van der Waals surface area contributed by atoms with E-state index in [1.54, 1.807) is 23.0 Å². The summed E-state index contributed by atoms with van der Waals surface area (Å²) in [6.45, 7) is 0. The first-order chi connectivity index (χ1) is 9.13. The Morgan fingerprint density at radius 3 is 2.89 bits per heavy atom. The van der Waals surface area contributed by atoms with Crippen LogP contribution in [0.15, 0.2) is 30.6 Å². The molecule has 19 heavy (non-hydrogen) atoms. The molecule has 0 amide bonds. The Bertz CT molecular complexity index is 555. The van der Waals surface area contributed by atoms with Crippen LogP contribution in [-0.2, 0) is 13.5 Å². The van der Waals surface area contributed by atoms with Crippen molar-refractivity contribution >= 4 is 0 Å². The fourth-order valence-electron chi connectivity index (χ4n) is 1.98. The number of ether oxygens (including phenoxy) is 1. The van der Waals surface area contributed by atoms with Crippen LogP contribution in [0.3, 0.4) is 0 Å². The van der Waals surface area contributed by atoms with E-state index in [9.17, 15) is 4.39 Å². The molecule has 3 N–H and O–H groups in total. The van der Waals surface area contributed by atoms with E-state index in [2.05, 4.69) is 10.5 Å². The third-order valence-corrected chi connectivity index (χ3v) is 2.98. The SMILES string of the molecule is COc1cc(C(Cc2cnn(C)c2)NN)ccc1F. The van der Waals surface area contributed by atoms with E-state index >= 15 is 0 Å². The summed E-state index contributed by atoms with van der Waals surface area (Å²) >= 11 is 0. The average Bonchev–Trinajstić information content (AvgIpc) is 2.82. The molecule has 102 valence electrons. The summed E-state index contributed by atoms with van der Waals surface area (Å²) in [6.07, 6.45) is 4.37. The molecule has 2 aromatic rings. The maximum atomic E-state index is 13.4. The van der Waals surface area contributed by atoms with E-state index in [4.69, 9.17) is 10.6 Å². The minimum atomic E-state index is -0.386. The van der Waals surface area contributed by atoms with Gasteiger partial charge in [-0.3, -0.25) is 16.0 Å². The molecule has 0 saturated heterocycles. The van der Waals surface area contributed by atoms with Gasteiger partial charge in [0.2, 0.25) is 0 Å². The van der Waals surface area contributed by atoms with Crippen LogP contribution in [0.5, 0.6) is 5.75 Å². The first-order valence-electron chi connectivity index (χ1n) is 5.91. The number of hydrazine groups is 1. The van der Waals surface area contributed by atoms with Crippen molar-refractivity contribution < 1.29 is 9.13 Å². The van der Waals surface area contributed by atoms with Gasteiger partial charge in [0.25, 0.3) is 0 Å². The molecule has 0 bridgehead atoms. The number of nitrogens with two attached hydrogens (primary N) is 1. The number of rotatable bonds is 5. The minimum absolute atomic E-state index is 0.126. The Morgan fingerprint density at radius 2 is 2.32 bits per heavy atom. The largest absolute Gasteiger partial charge is 0.494 e. The lowest BCUT2D eigenvalue weighted by atomic mass is 10.0. The second-order valence-electron chi connectivity index (χ2n) is 4.34. The zero-order valence-electron chi connectivity index (χ0n) is 10.9. The summed E-state index contributed by atoms with van der Waals surface area (Å²) < 4.78 is 20.1. The van der Waals surface area contributed by atoms with E-state index in [1.807, 2.05) is 13.2 Å². The van der Waals surface area contributed by atoms with Gasteiger partial charge in [-0.15, -0.1) is 0 Å². The molecule has 1 atom stereocenters. The van der Waals surface area contributed by atoms with Gasteiger partial charge in [-0.05, 0) is 29.7 Å².